The number of aliphatic hydroxyl groups excluding tert-OH is 4. The first-order valence-electron chi connectivity index (χ1n) is 8.25. The van der Waals surface area contributed by atoms with Gasteiger partial charge in [-0.1, -0.05) is 30.3 Å². The van der Waals surface area contributed by atoms with Gasteiger partial charge in [-0.2, -0.15) is 0 Å². The van der Waals surface area contributed by atoms with Crippen molar-refractivity contribution in [2.75, 3.05) is 13.7 Å². The van der Waals surface area contributed by atoms with Crippen LogP contribution >= 0.6 is 0 Å². The van der Waals surface area contributed by atoms with Gasteiger partial charge in [0.1, 0.15) is 35.9 Å². The van der Waals surface area contributed by atoms with Gasteiger partial charge in [-0.15, -0.1) is 0 Å². The molecule has 1 aliphatic heterocycles. The molecule has 2 aromatic carbocycles. The lowest BCUT2D eigenvalue weighted by atomic mass is 9.99. The smallest absolute Gasteiger partial charge is 0.229 e. The molecule has 2 aromatic rings. The van der Waals surface area contributed by atoms with Gasteiger partial charge in [0.15, 0.2) is 0 Å². The Morgan fingerprint density at radius 1 is 0.962 bits per heavy atom. The van der Waals surface area contributed by atoms with Crippen LogP contribution in [0.5, 0.6) is 11.5 Å². The highest BCUT2D eigenvalue weighted by molar-refractivity contribution is 5.71. The molecule has 26 heavy (non-hydrogen) atoms. The van der Waals surface area contributed by atoms with Crippen LogP contribution in [0, 0.1) is 0 Å². The molecule has 0 radical (unpaired) electrons. The number of aliphatic hydroxyl groups is 4. The van der Waals surface area contributed by atoms with Crippen molar-refractivity contribution in [3.63, 3.8) is 0 Å². The second-order valence-corrected chi connectivity index (χ2v) is 6.04. The van der Waals surface area contributed by atoms with Gasteiger partial charge in [-0.3, -0.25) is 0 Å². The standard InChI is InChI=1S/C19H22O7/c1-24-12-7-8-13(11-5-3-2-4-6-11)14(9-12)25-19-18(23)17(22)16(21)15(10-20)26-19/h2-9,15-23H,10H2,1H3/t15-,16-,17+,18-,19-/m1/s1. The fraction of sp³-hybridized carbons (Fsp3) is 0.368. The first kappa shape index (κ1) is 18.6. The van der Waals surface area contributed by atoms with Gasteiger partial charge in [-0.05, 0) is 17.7 Å². The Bertz CT molecular complexity index is 719. The van der Waals surface area contributed by atoms with Crippen molar-refractivity contribution >= 4 is 0 Å². The summed E-state index contributed by atoms with van der Waals surface area (Å²) in [5.74, 6) is 0.921. The van der Waals surface area contributed by atoms with Gasteiger partial charge in [0, 0.05) is 11.6 Å². The zero-order valence-corrected chi connectivity index (χ0v) is 14.2. The molecule has 1 fully saturated rings. The fourth-order valence-corrected chi connectivity index (χ4v) is 2.87. The largest absolute Gasteiger partial charge is 0.497 e. The monoisotopic (exact) mass is 362 g/mol. The molecule has 0 unspecified atom stereocenters. The van der Waals surface area contributed by atoms with Crippen molar-refractivity contribution in [2.24, 2.45) is 0 Å². The zero-order valence-electron chi connectivity index (χ0n) is 14.2. The number of hydrogen-bond acceptors (Lipinski definition) is 7. The highest BCUT2D eigenvalue weighted by atomic mass is 16.7. The van der Waals surface area contributed by atoms with Crippen LogP contribution in [-0.2, 0) is 4.74 Å². The molecule has 0 amide bonds. The molecular formula is C19H22O7. The molecule has 1 saturated heterocycles. The van der Waals surface area contributed by atoms with E-state index in [1.165, 1.54) is 7.11 Å². The van der Waals surface area contributed by atoms with Gasteiger partial charge < -0.3 is 34.6 Å². The highest BCUT2D eigenvalue weighted by Gasteiger charge is 2.44. The summed E-state index contributed by atoms with van der Waals surface area (Å²) in [6.45, 7) is -0.519. The number of benzene rings is 2. The number of ether oxygens (including phenoxy) is 3. The molecular weight excluding hydrogens is 340 g/mol. The van der Waals surface area contributed by atoms with E-state index in [9.17, 15) is 20.4 Å². The number of hydrogen-bond donors (Lipinski definition) is 4. The lowest BCUT2D eigenvalue weighted by Gasteiger charge is -2.39. The van der Waals surface area contributed by atoms with Crippen LogP contribution in [0.2, 0.25) is 0 Å². The Labute approximate surface area is 151 Å². The second-order valence-electron chi connectivity index (χ2n) is 6.04. The maximum atomic E-state index is 10.2. The summed E-state index contributed by atoms with van der Waals surface area (Å²) in [5, 5.41) is 39.3. The Morgan fingerprint density at radius 3 is 2.35 bits per heavy atom. The van der Waals surface area contributed by atoms with Gasteiger partial charge in [0.05, 0.1) is 13.7 Å². The number of methoxy groups -OCH3 is 1. The molecule has 1 heterocycles. The fourth-order valence-electron chi connectivity index (χ4n) is 2.87. The molecule has 1 aliphatic rings. The Kier molecular flexibility index (Phi) is 5.75. The molecule has 0 spiro atoms. The minimum absolute atomic E-state index is 0.375. The molecule has 140 valence electrons. The van der Waals surface area contributed by atoms with Crippen LogP contribution in [0.4, 0.5) is 0 Å². The Morgan fingerprint density at radius 2 is 1.69 bits per heavy atom. The first-order valence-corrected chi connectivity index (χ1v) is 8.25. The molecule has 0 bridgehead atoms. The molecule has 4 N–H and O–H groups in total. The third-order valence-electron chi connectivity index (χ3n) is 4.37. The van der Waals surface area contributed by atoms with Crippen LogP contribution in [0.1, 0.15) is 0 Å². The van der Waals surface area contributed by atoms with E-state index in [1.807, 2.05) is 36.4 Å². The summed E-state index contributed by atoms with van der Waals surface area (Å²) < 4.78 is 16.5. The predicted molar refractivity (Wildman–Crippen MR) is 92.8 cm³/mol. The topological polar surface area (TPSA) is 109 Å². The maximum absolute atomic E-state index is 10.2. The molecule has 0 aliphatic carbocycles. The van der Waals surface area contributed by atoms with Crippen molar-refractivity contribution < 1.29 is 34.6 Å². The van der Waals surface area contributed by atoms with Crippen molar-refractivity contribution in [3.05, 3.63) is 48.5 Å². The van der Waals surface area contributed by atoms with Gasteiger partial charge in [0.2, 0.25) is 6.29 Å². The van der Waals surface area contributed by atoms with E-state index >= 15 is 0 Å². The summed E-state index contributed by atoms with van der Waals surface area (Å²) in [6.07, 6.45) is -6.72. The minimum atomic E-state index is -1.50. The maximum Gasteiger partial charge on any atom is 0.229 e. The van der Waals surface area contributed by atoms with Gasteiger partial charge in [-0.25, -0.2) is 0 Å². The van der Waals surface area contributed by atoms with E-state index in [4.69, 9.17) is 14.2 Å². The average Bonchev–Trinajstić information content (AvgIpc) is 2.69. The van der Waals surface area contributed by atoms with Crippen LogP contribution in [0.15, 0.2) is 48.5 Å². The lowest BCUT2D eigenvalue weighted by Crippen LogP contribution is -2.60. The quantitative estimate of drug-likeness (QED) is 0.615. The highest BCUT2D eigenvalue weighted by Crippen LogP contribution is 2.35. The zero-order chi connectivity index (χ0) is 18.7. The SMILES string of the molecule is COc1ccc(-c2ccccc2)c(O[C@@H]2O[C@H](CO)[C@@H](O)[C@H](O)[C@H]2O)c1. The van der Waals surface area contributed by atoms with E-state index in [2.05, 4.69) is 0 Å². The summed E-state index contributed by atoms with van der Waals surface area (Å²) >= 11 is 0. The summed E-state index contributed by atoms with van der Waals surface area (Å²) in [6, 6.07) is 14.7. The Balaban J connectivity index is 1.93. The van der Waals surface area contributed by atoms with Crippen LogP contribution in [0.3, 0.4) is 0 Å². The lowest BCUT2D eigenvalue weighted by molar-refractivity contribution is -0.277. The van der Waals surface area contributed by atoms with E-state index in [1.54, 1.807) is 12.1 Å². The van der Waals surface area contributed by atoms with Gasteiger partial charge in [0.25, 0.3) is 0 Å². The molecule has 0 saturated carbocycles. The summed E-state index contributed by atoms with van der Waals surface area (Å²) in [5.41, 5.74) is 1.62. The van der Waals surface area contributed by atoms with Crippen LogP contribution in [-0.4, -0.2) is 64.8 Å². The van der Waals surface area contributed by atoms with Crippen LogP contribution < -0.4 is 9.47 Å². The van der Waals surface area contributed by atoms with Crippen molar-refractivity contribution in [1.82, 2.24) is 0 Å². The first-order chi connectivity index (χ1) is 12.5. The van der Waals surface area contributed by atoms with Crippen molar-refractivity contribution in [2.45, 2.75) is 30.7 Å². The summed E-state index contributed by atoms with van der Waals surface area (Å²) in [7, 11) is 1.52. The molecule has 7 nitrogen and oxygen atoms in total. The third-order valence-corrected chi connectivity index (χ3v) is 4.37. The molecule has 5 atom stereocenters. The molecule has 3 rings (SSSR count). The second kappa shape index (κ2) is 8.03. The van der Waals surface area contributed by atoms with Gasteiger partial charge >= 0.3 is 0 Å². The molecule has 0 aromatic heterocycles. The van der Waals surface area contributed by atoms with E-state index < -0.39 is 37.3 Å². The van der Waals surface area contributed by atoms with Crippen molar-refractivity contribution in [3.8, 4) is 22.6 Å². The third kappa shape index (κ3) is 3.67. The summed E-state index contributed by atoms with van der Waals surface area (Å²) in [4.78, 5) is 0. The van der Waals surface area contributed by atoms with Crippen LogP contribution in [0.25, 0.3) is 11.1 Å². The Hall–Kier alpha value is -2.16. The minimum Gasteiger partial charge on any atom is -0.497 e. The van der Waals surface area contributed by atoms with E-state index in [0.717, 1.165) is 11.1 Å². The van der Waals surface area contributed by atoms with E-state index in [0.29, 0.717) is 11.5 Å². The molecule has 7 heteroatoms. The van der Waals surface area contributed by atoms with E-state index in [-0.39, 0.29) is 0 Å². The number of rotatable bonds is 5. The average molecular weight is 362 g/mol. The van der Waals surface area contributed by atoms with Crippen molar-refractivity contribution in [1.29, 1.82) is 0 Å². The normalized spacial score (nSPS) is 28.6. The predicted octanol–water partition coefficient (Wildman–Crippen LogP) is 0.541.